The first-order valence-electron chi connectivity index (χ1n) is 8.35. The van der Waals surface area contributed by atoms with E-state index in [4.69, 9.17) is 0 Å². The Hall–Kier alpha value is -1.91. The van der Waals surface area contributed by atoms with E-state index in [0.717, 1.165) is 37.7 Å². The predicted molar refractivity (Wildman–Crippen MR) is 81.5 cm³/mol. The number of nitro groups is 1. The lowest BCUT2D eigenvalue weighted by Gasteiger charge is -2.62. The van der Waals surface area contributed by atoms with Gasteiger partial charge in [0, 0.05) is 18.1 Å². The summed E-state index contributed by atoms with van der Waals surface area (Å²) in [5.74, 6) is 0.238. The van der Waals surface area contributed by atoms with Crippen LogP contribution in [0.1, 0.15) is 50.5 Å². The van der Waals surface area contributed by atoms with Crippen LogP contribution in [0.15, 0.2) is 24.3 Å². The van der Waals surface area contributed by atoms with Crippen LogP contribution in [-0.2, 0) is 10.2 Å². The Morgan fingerprint density at radius 2 is 1.74 bits per heavy atom. The average Bonchev–Trinajstić information content (AvgIpc) is 2.44. The van der Waals surface area contributed by atoms with Gasteiger partial charge in [0.2, 0.25) is 0 Å². The van der Waals surface area contributed by atoms with Gasteiger partial charge in [-0.05, 0) is 73.2 Å². The number of non-ortho nitro benzene ring substituents is 1. The third kappa shape index (κ3) is 2.33. The lowest BCUT2D eigenvalue weighted by molar-refractivity contribution is -0.384. The zero-order valence-corrected chi connectivity index (χ0v) is 13.0. The van der Waals surface area contributed by atoms with E-state index in [-0.39, 0.29) is 27.9 Å². The van der Waals surface area contributed by atoms with Gasteiger partial charge in [-0.2, -0.15) is 0 Å². The van der Waals surface area contributed by atoms with Gasteiger partial charge in [-0.25, -0.2) is 0 Å². The van der Waals surface area contributed by atoms with Crippen LogP contribution in [0.25, 0.3) is 0 Å². The molecule has 4 aliphatic rings. The van der Waals surface area contributed by atoms with E-state index in [1.807, 2.05) is 12.1 Å². The minimum atomic E-state index is -0.939. The van der Waals surface area contributed by atoms with Crippen LogP contribution < -0.4 is 5.11 Å². The highest BCUT2D eigenvalue weighted by atomic mass is 16.6. The van der Waals surface area contributed by atoms with E-state index in [0.29, 0.717) is 11.8 Å². The Morgan fingerprint density at radius 1 is 1.13 bits per heavy atom. The summed E-state index contributed by atoms with van der Waals surface area (Å²) >= 11 is 0. The third-order valence-corrected chi connectivity index (χ3v) is 6.39. The van der Waals surface area contributed by atoms with E-state index in [9.17, 15) is 20.0 Å². The lowest BCUT2D eigenvalue weighted by atomic mass is 9.42. The van der Waals surface area contributed by atoms with Crippen molar-refractivity contribution in [3.63, 3.8) is 0 Å². The number of hydrogen-bond acceptors (Lipinski definition) is 4. The molecule has 0 heterocycles. The highest BCUT2D eigenvalue weighted by Crippen LogP contribution is 2.66. The largest absolute Gasteiger partial charge is 0.550 e. The van der Waals surface area contributed by atoms with Crippen molar-refractivity contribution in [3.8, 4) is 0 Å². The fraction of sp³-hybridized carbons (Fsp3) is 0.611. The molecule has 5 heteroatoms. The van der Waals surface area contributed by atoms with E-state index < -0.39 is 5.97 Å². The first-order chi connectivity index (χ1) is 10.9. The number of carbonyl (C=O) groups excluding carboxylic acids is 1. The second-order valence-electron chi connectivity index (χ2n) is 8.09. The number of nitrogens with zero attached hydrogens (tertiary/aromatic N) is 1. The molecule has 5 nitrogen and oxygen atoms in total. The number of benzene rings is 1. The molecule has 5 rings (SSSR count). The molecule has 4 fully saturated rings. The van der Waals surface area contributed by atoms with Gasteiger partial charge in [0.25, 0.3) is 5.69 Å². The van der Waals surface area contributed by atoms with Crippen molar-refractivity contribution in [1.29, 1.82) is 0 Å². The van der Waals surface area contributed by atoms with E-state index >= 15 is 0 Å². The standard InChI is InChI=1S/C18H21NO4/c20-16(21)10-17-6-12-5-13(7-17)9-18(8-12,11-17)14-1-3-15(4-2-14)19(22)23/h1-4,12-13H,5-11H2,(H,20,21)/p-1. The highest BCUT2D eigenvalue weighted by Gasteiger charge is 2.57. The molecule has 4 saturated carbocycles. The molecule has 0 spiro atoms. The molecule has 0 aromatic heterocycles. The Morgan fingerprint density at radius 3 is 2.26 bits per heavy atom. The van der Waals surface area contributed by atoms with Gasteiger partial charge < -0.3 is 9.90 Å². The monoisotopic (exact) mass is 314 g/mol. The molecule has 4 bridgehead atoms. The molecule has 4 aliphatic carbocycles. The summed E-state index contributed by atoms with van der Waals surface area (Å²) in [4.78, 5) is 21.8. The van der Waals surface area contributed by atoms with Crippen LogP contribution in [0.4, 0.5) is 5.69 Å². The van der Waals surface area contributed by atoms with Crippen LogP contribution >= 0.6 is 0 Å². The summed E-state index contributed by atoms with van der Waals surface area (Å²) in [5.41, 5.74) is 1.15. The fourth-order valence-electron chi connectivity index (χ4n) is 6.24. The van der Waals surface area contributed by atoms with Crippen LogP contribution in [0.3, 0.4) is 0 Å². The topological polar surface area (TPSA) is 83.3 Å². The van der Waals surface area contributed by atoms with Crippen LogP contribution in [0.2, 0.25) is 0 Å². The Labute approximate surface area is 134 Å². The van der Waals surface area contributed by atoms with Crippen LogP contribution in [-0.4, -0.2) is 10.9 Å². The molecule has 0 aliphatic heterocycles. The van der Waals surface area contributed by atoms with E-state index in [1.165, 1.54) is 6.42 Å². The van der Waals surface area contributed by atoms with Crippen molar-refractivity contribution in [2.24, 2.45) is 17.3 Å². The third-order valence-electron chi connectivity index (χ3n) is 6.39. The number of carboxylic acids is 1. The van der Waals surface area contributed by atoms with Gasteiger partial charge in [0.05, 0.1) is 4.92 Å². The fourth-order valence-corrected chi connectivity index (χ4v) is 6.24. The molecular weight excluding hydrogens is 294 g/mol. The van der Waals surface area contributed by atoms with Crippen molar-refractivity contribution in [2.45, 2.75) is 50.4 Å². The lowest BCUT2D eigenvalue weighted by Crippen LogP contribution is -2.55. The summed E-state index contributed by atoms with van der Waals surface area (Å²) in [5, 5.41) is 22.1. The summed E-state index contributed by atoms with van der Waals surface area (Å²) in [6.07, 6.45) is 6.46. The first kappa shape index (κ1) is 14.7. The SMILES string of the molecule is O=C([O-])CC12CC3CC(C1)CC(c1ccc([N+](=O)[O-])cc1)(C3)C2. The second kappa shape index (κ2) is 4.79. The molecular formula is C18H20NO4-. The molecule has 0 radical (unpaired) electrons. The molecule has 0 amide bonds. The van der Waals surface area contributed by atoms with E-state index in [1.54, 1.807) is 12.1 Å². The van der Waals surface area contributed by atoms with Gasteiger partial charge in [0.1, 0.15) is 0 Å². The van der Waals surface area contributed by atoms with Gasteiger partial charge in [0.15, 0.2) is 0 Å². The normalized spacial score (nSPS) is 37.7. The molecule has 1 aromatic carbocycles. The maximum Gasteiger partial charge on any atom is 0.269 e. The molecule has 0 N–H and O–H groups in total. The van der Waals surface area contributed by atoms with Crippen molar-refractivity contribution in [2.75, 3.05) is 0 Å². The molecule has 2 unspecified atom stereocenters. The average molecular weight is 314 g/mol. The zero-order valence-electron chi connectivity index (χ0n) is 13.0. The first-order valence-corrected chi connectivity index (χ1v) is 8.35. The quantitative estimate of drug-likeness (QED) is 0.631. The van der Waals surface area contributed by atoms with Gasteiger partial charge in [-0.15, -0.1) is 0 Å². The zero-order chi connectivity index (χ0) is 16.2. The summed E-state index contributed by atoms with van der Waals surface area (Å²) in [6.45, 7) is 0. The smallest absolute Gasteiger partial charge is 0.269 e. The minimum Gasteiger partial charge on any atom is -0.550 e. The number of carboxylic acid groups (broad SMARTS) is 1. The molecule has 122 valence electrons. The van der Waals surface area contributed by atoms with Crippen LogP contribution in [0.5, 0.6) is 0 Å². The second-order valence-corrected chi connectivity index (χ2v) is 8.09. The number of aliphatic carboxylic acids is 1. The predicted octanol–water partition coefficient (Wildman–Crippen LogP) is 2.57. The molecule has 2 atom stereocenters. The highest BCUT2D eigenvalue weighted by molar-refractivity contribution is 5.65. The number of rotatable bonds is 4. The minimum absolute atomic E-state index is 0.00859. The van der Waals surface area contributed by atoms with Crippen molar-refractivity contribution < 1.29 is 14.8 Å². The van der Waals surface area contributed by atoms with Crippen LogP contribution in [0, 0.1) is 27.4 Å². The molecule has 0 saturated heterocycles. The van der Waals surface area contributed by atoms with E-state index in [2.05, 4.69) is 0 Å². The number of carbonyl (C=O) groups is 1. The summed E-state index contributed by atoms with van der Waals surface area (Å²) in [6, 6.07) is 6.94. The Balaban J connectivity index is 1.70. The molecule has 23 heavy (non-hydrogen) atoms. The summed E-state index contributed by atoms with van der Waals surface area (Å²) in [7, 11) is 0. The van der Waals surface area contributed by atoms with Gasteiger partial charge in [-0.1, -0.05) is 12.1 Å². The summed E-state index contributed by atoms with van der Waals surface area (Å²) < 4.78 is 0. The van der Waals surface area contributed by atoms with Gasteiger partial charge in [-0.3, -0.25) is 10.1 Å². The number of nitro benzene ring substituents is 1. The Bertz CT molecular complexity index is 652. The van der Waals surface area contributed by atoms with Crippen molar-refractivity contribution >= 4 is 11.7 Å². The van der Waals surface area contributed by atoms with Crippen molar-refractivity contribution in [1.82, 2.24) is 0 Å². The van der Waals surface area contributed by atoms with Gasteiger partial charge >= 0.3 is 0 Å². The molecule has 1 aromatic rings. The Kier molecular flexibility index (Phi) is 3.06. The maximum absolute atomic E-state index is 11.3. The van der Waals surface area contributed by atoms with Crippen molar-refractivity contribution in [3.05, 3.63) is 39.9 Å². The number of hydrogen-bond donors (Lipinski definition) is 0. The maximum atomic E-state index is 11.3.